The van der Waals surface area contributed by atoms with Crippen molar-refractivity contribution in [1.82, 2.24) is 4.98 Å². The summed E-state index contributed by atoms with van der Waals surface area (Å²) >= 11 is 7.63. The summed E-state index contributed by atoms with van der Waals surface area (Å²) < 4.78 is 27.8. The molecule has 29 heavy (non-hydrogen) atoms. The van der Waals surface area contributed by atoms with E-state index in [1.54, 1.807) is 30.3 Å². The van der Waals surface area contributed by atoms with E-state index >= 15 is 0 Å². The van der Waals surface area contributed by atoms with Crippen LogP contribution < -0.4 is 10.1 Å². The van der Waals surface area contributed by atoms with E-state index in [0.29, 0.717) is 22.2 Å². The van der Waals surface area contributed by atoms with Crippen LogP contribution in [0.3, 0.4) is 0 Å². The van der Waals surface area contributed by atoms with Crippen LogP contribution in [0, 0.1) is 0 Å². The van der Waals surface area contributed by atoms with Gasteiger partial charge in [-0.3, -0.25) is 4.79 Å². The summed E-state index contributed by atoms with van der Waals surface area (Å²) in [6, 6.07) is 14.2. The van der Waals surface area contributed by atoms with Crippen molar-refractivity contribution in [3.63, 3.8) is 0 Å². The third kappa shape index (κ3) is 6.56. The molecule has 152 valence electrons. The first-order chi connectivity index (χ1) is 13.8. The molecule has 0 aliphatic heterocycles. The lowest BCUT2D eigenvalue weighted by atomic mass is 10.2. The molecule has 3 rings (SSSR count). The minimum atomic E-state index is -3.09. The number of sulfone groups is 1. The van der Waals surface area contributed by atoms with E-state index < -0.39 is 9.84 Å². The van der Waals surface area contributed by atoms with Gasteiger partial charge in [-0.2, -0.15) is 0 Å². The molecular weight excluding hydrogens is 432 g/mol. The molecule has 6 nitrogen and oxygen atoms in total. The monoisotopic (exact) mass is 450 g/mol. The van der Waals surface area contributed by atoms with E-state index in [0.717, 1.165) is 16.8 Å². The Morgan fingerprint density at radius 3 is 2.76 bits per heavy atom. The third-order valence-electron chi connectivity index (χ3n) is 3.84. The maximum Gasteiger partial charge on any atom is 0.230 e. The van der Waals surface area contributed by atoms with E-state index in [1.807, 2.05) is 23.6 Å². The summed E-state index contributed by atoms with van der Waals surface area (Å²) in [7, 11) is -3.09. The van der Waals surface area contributed by atoms with Gasteiger partial charge in [0, 0.05) is 29.0 Å². The Hall–Kier alpha value is -2.42. The summed E-state index contributed by atoms with van der Waals surface area (Å²) in [6.07, 6.45) is 1.28. The minimum absolute atomic E-state index is 0.0554. The summed E-state index contributed by atoms with van der Waals surface area (Å²) in [5.41, 5.74) is 2.06. The van der Waals surface area contributed by atoms with Gasteiger partial charge in [0.1, 0.15) is 17.4 Å². The second-order valence-electron chi connectivity index (χ2n) is 6.35. The molecule has 1 heterocycles. The maximum absolute atomic E-state index is 12.4. The Balaban J connectivity index is 1.59. The Kier molecular flexibility index (Phi) is 6.89. The Bertz CT molecular complexity index is 1110. The number of halogens is 1. The van der Waals surface area contributed by atoms with Gasteiger partial charge in [-0.05, 0) is 18.2 Å². The van der Waals surface area contributed by atoms with Crippen molar-refractivity contribution >= 4 is 44.4 Å². The fourth-order valence-corrected chi connectivity index (χ4v) is 4.02. The van der Waals surface area contributed by atoms with Gasteiger partial charge in [-0.15, -0.1) is 11.3 Å². The first-order valence-electron chi connectivity index (χ1n) is 8.70. The summed E-state index contributed by atoms with van der Waals surface area (Å²) in [5, 5.41) is 6.02. The third-order valence-corrected chi connectivity index (χ3v) is 6.00. The zero-order chi connectivity index (χ0) is 20.9. The molecule has 0 saturated heterocycles. The standard InChI is InChI=1S/C20H19ClN2O4S2/c1-29(25,26)10-9-27-16-6-4-5-14(11-16)22-19(24)12-15-13-28-20(23-15)17-7-2-3-8-18(17)21/h2-8,11,13H,9-10,12H2,1H3,(H,22,24). The van der Waals surface area contributed by atoms with Crippen LogP contribution >= 0.6 is 22.9 Å². The van der Waals surface area contributed by atoms with Gasteiger partial charge in [0.05, 0.1) is 22.9 Å². The molecule has 9 heteroatoms. The first kappa shape index (κ1) is 21.3. The number of carbonyl (C=O) groups excluding carboxylic acids is 1. The SMILES string of the molecule is CS(=O)(=O)CCOc1cccc(NC(=O)Cc2csc(-c3ccccc3Cl)n2)c1. The first-order valence-corrected chi connectivity index (χ1v) is 12.0. The molecule has 2 aromatic carbocycles. The van der Waals surface area contributed by atoms with Gasteiger partial charge >= 0.3 is 0 Å². The highest BCUT2D eigenvalue weighted by atomic mass is 35.5. The van der Waals surface area contributed by atoms with Gasteiger partial charge in [0.25, 0.3) is 0 Å². The quantitative estimate of drug-likeness (QED) is 0.559. The van der Waals surface area contributed by atoms with Crippen molar-refractivity contribution in [1.29, 1.82) is 0 Å². The molecule has 0 atom stereocenters. The fourth-order valence-electron chi connectivity index (χ4n) is 2.49. The van der Waals surface area contributed by atoms with Crippen LogP contribution in [0.25, 0.3) is 10.6 Å². The van der Waals surface area contributed by atoms with Gasteiger partial charge < -0.3 is 10.1 Å². The van der Waals surface area contributed by atoms with Crippen molar-refractivity contribution in [3.8, 4) is 16.3 Å². The predicted molar refractivity (Wildman–Crippen MR) is 117 cm³/mol. The molecule has 0 unspecified atom stereocenters. The number of hydrogen-bond donors (Lipinski definition) is 1. The highest BCUT2D eigenvalue weighted by Gasteiger charge is 2.12. The highest BCUT2D eigenvalue weighted by Crippen LogP contribution is 2.30. The van der Waals surface area contributed by atoms with E-state index in [9.17, 15) is 13.2 Å². The number of rotatable bonds is 8. The summed E-state index contributed by atoms with van der Waals surface area (Å²) in [4.78, 5) is 16.9. The number of hydrogen-bond acceptors (Lipinski definition) is 6. The summed E-state index contributed by atoms with van der Waals surface area (Å²) in [6.45, 7) is 0.0554. The van der Waals surface area contributed by atoms with Crippen LogP contribution in [-0.2, 0) is 21.1 Å². The number of ether oxygens (including phenoxy) is 1. The van der Waals surface area contributed by atoms with Gasteiger partial charge in [-0.25, -0.2) is 13.4 Å². The van der Waals surface area contributed by atoms with E-state index in [-0.39, 0.29) is 24.7 Å². The lowest BCUT2D eigenvalue weighted by molar-refractivity contribution is -0.115. The average molecular weight is 451 g/mol. The van der Waals surface area contributed by atoms with Crippen LogP contribution in [0.4, 0.5) is 5.69 Å². The number of aromatic nitrogens is 1. The lowest BCUT2D eigenvalue weighted by Crippen LogP contribution is -2.15. The van der Waals surface area contributed by atoms with E-state index in [2.05, 4.69) is 10.3 Å². The number of benzene rings is 2. The molecular formula is C20H19ClN2O4S2. The number of nitrogens with one attached hydrogen (secondary N) is 1. The highest BCUT2D eigenvalue weighted by molar-refractivity contribution is 7.90. The largest absolute Gasteiger partial charge is 0.492 e. The predicted octanol–water partition coefficient (Wildman–Crippen LogP) is 4.07. The smallest absolute Gasteiger partial charge is 0.230 e. The molecule has 1 aromatic heterocycles. The maximum atomic E-state index is 12.4. The van der Waals surface area contributed by atoms with Gasteiger partial charge in [-0.1, -0.05) is 35.9 Å². The normalized spacial score (nSPS) is 11.2. The van der Waals surface area contributed by atoms with Crippen LogP contribution in [0.2, 0.25) is 5.02 Å². The van der Waals surface area contributed by atoms with Crippen molar-refractivity contribution in [2.45, 2.75) is 6.42 Å². The van der Waals surface area contributed by atoms with Gasteiger partial charge in [0.2, 0.25) is 5.91 Å². The lowest BCUT2D eigenvalue weighted by Gasteiger charge is -2.08. The Labute approximate surface area is 178 Å². The topological polar surface area (TPSA) is 85.4 Å². The van der Waals surface area contributed by atoms with E-state index in [1.165, 1.54) is 11.3 Å². The zero-order valence-electron chi connectivity index (χ0n) is 15.6. The molecule has 1 amide bonds. The van der Waals surface area contributed by atoms with Crippen LogP contribution in [0.15, 0.2) is 53.9 Å². The average Bonchev–Trinajstić information content (AvgIpc) is 3.09. The second-order valence-corrected chi connectivity index (χ2v) is 9.88. The summed E-state index contributed by atoms with van der Waals surface area (Å²) in [5.74, 6) is 0.205. The molecule has 0 aliphatic rings. The number of carbonyl (C=O) groups is 1. The van der Waals surface area contributed by atoms with Crippen molar-refractivity contribution in [2.75, 3.05) is 23.9 Å². The van der Waals surface area contributed by atoms with E-state index in [4.69, 9.17) is 16.3 Å². The van der Waals surface area contributed by atoms with Gasteiger partial charge in [0.15, 0.2) is 9.84 Å². The molecule has 0 saturated carbocycles. The zero-order valence-corrected chi connectivity index (χ0v) is 18.0. The van der Waals surface area contributed by atoms with Crippen molar-refractivity contribution in [3.05, 3.63) is 64.6 Å². The van der Waals surface area contributed by atoms with Crippen LogP contribution in [0.5, 0.6) is 5.75 Å². The van der Waals surface area contributed by atoms with Crippen LogP contribution in [0.1, 0.15) is 5.69 Å². The number of nitrogens with zero attached hydrogens (tertiary/aromatic N) is 1. The molecule has 0 radical (unpaired) electrons. The second kappa shape index (κ2) is 9.39. The molecule has 0 spiro atoms. The minimum Gasteiger partial charge on any atom is -0.492 e. The number of anilines is 1. The molecule has 0 bridgehead atoms. The Morgan fingerprint density at radius 1 is 1.21 bits per heavy atom. The number of thiazole rings is 1. The Morgan fingerprint density at radius 2 is 2.00 bits per heavy atom. The molecule has 0 aliphatic carbocycles. The van der Waals surface area contributed by atoms with Crippen molar-refractivity contribution < 1.29 is 17.9 Å². The fraction of sp³-hybridized carbons (Fsp3) is 0.200. The molecule has 1 N–H and O–H groups in total. The van der Waals surface area contributed by atoms with Crippen LogP contribution in [-0.4, -0.2) is 37.9 Å². The molecule has 0 fully saturated rings. The molecule has 3 aromatic rings. The van der Waals surface area contributed by atoms with Crippen molar-refractivity contribution in [2.24, 2.45) is 0 Å². The number of amides is 1.